The van der Waals surface area contributed by atoms with Crippen molar-refractivity contribution in [3.8, 4) is 0 Å². The Hall–Kier alpha value is -2.05. The summed E-state index contributed by atoms with van der Waals surface area (Å²) in [5.74, 6) is -1.52. The number of carboxylic acids is 1. The quantitative estimate of drug-likeness (QED) is 0.693. The molecule has 1 aliphatic rings. The first kappa shape index (κ1) is 19.7. The Bertz CT molecular complexity index is 858. The van der Waals surface area contributed by atoms with Crippen molar-refractivity contribution in [2.75, 3.05) is 0 Å². The summed E-state index contributed by atoms with van der Waals surface area (Å²) >= 11 is 12.2. The SMILES string of the molecule is CC(CC1=CC(c2ccc(Cl)c(Cl)c2)N(Cc2ccccc2)N1O)C(=O)O. The van der Waals surface area contributed by atoms with Crippen LogP contribution in [0.25, 0.3) is 0 Å². The first-order chi connectivity index (χ1) is 12.9. The number of hydrogen-bond donors (Lipinski definition) is 2. The maximum Gasteiger partial charge on any atom is 0.306 e. The summed E-state index contributed by atoms with van der Waals surface area (Å²) in [6, 6.07) is 14.8. The average Bonchev–Trinajstić information content (AvgIpc) is 2.94. The summed E-state index contributed by atoms with van der Waals surface area (Å²) in [6.07, 6.45) is 2.08. The van der Waals surface area contributed by atoms with Gasteiger partial charge < -0.3 is 5.11 Å². The van der Waals surface area contributed by atoms with E-state index in [9.17, 15) is 15.1 Å². The molecule has 142 valence electrons. The molecule has 0 amide bonds. The Morgan fingerprint density at radius 1 is 1.15 bits per heavy atom. The first-order valence-electron chi connectivity index (χ1n) is 8.54. The van der Waals surface area contributed by atoms with Crippen LogP contribution in [0.3, 0.4) is 0 Å². The Morgan fingerprint density at radius 3 is 2.48 bits per heavy atom. The van der Waals surface area contributed by atoms with Crippen molar-refractivity contribution in [2.45, 2.75) is 25.9 Å². The van der Waals surface area contributed by atoms with Crippen molar-refractivity contribution in [1.29, 1.82) is 0 Å². The molecule has 2 aromatic carbocycles. The number of allylic oxidation sites excluding steroid dienone is 1. The minimum Gasteiger partial charge on any atom is -0.481 e. The third-order valence-corrected chi connectivity index (χ3v) is 5.32. The zero-order valence-electron chi connectivity index (χ0n) is 14.7. The Balaban J connectivity index is 1.93. The van der Waals surface area contributed by atoms with Gasteiger partial charge >= 0.3 is 5.97 Å². The second-order valence-corrected chi connectivity index (χ2v) is 7.41. The zero-order chi connectivity index (χ0) is 19.6. The molecular weight excluding hydrogens is 387 g/mol. The molecule has 3 rings (SSSR count). The number of rotatable bonds is 6. The molecule has 2 atom stereocenters. The molecule has 0 fully saturated rings. The van der Waals surface area contributed by atoms with Gasteiger partial charge in [0.25, 0.3) is 0 Å². The molecular formula is C20H20Cl2N2O3. The van der Waals surface area contributed by atoms with E-state index in [1.165, 1.54) is 0 Å². The van der Waals surface area contributed by atoms with Crippen LogP contribution in [0.5, 0.6) is 0 Å². The molecule has 0 aliphatic carbocycles. The molecule has 2 unspecified atom stereocenters. The molecule has 5 nitrogen and oxygen atoms in total. The van der Waals surface area contributed by atoms with Gasteiger partial charge in [-0.1, -0.05) is 66.5 Å². The number of nitrogens with zero attached hydrogens (tertiary/aromatic N) is 2. The van der Waals surface area contributed by atoms with Gasteiger partial charge in [0, 0.05) is 13.0 Å². The minimum atomic E-state index is -0.906. The highest BCUT2D eigenvalue weighted by molar-refractivity contribution is 6.42. The van der Waals surface area contributed by atoms with Crippen LogP contribution in [0.1, 0.15) is 30.5 Å². The molecule has 0 saturated heterocycles. The van der Waals surface area contributed by atoms with Gasteiger partial charge in [0.05, 0.1) is 27.7 Å². The van der Waals surface area contributed by atoms with E-state index in [-0.39, 0.29) is 12.5 Å². The number of hydrogen-bond acceptors (Lipinski definition) is 4. The van der Waals surface area contributed by atoms with Gasteiger partial charge in [-0.25, -0.2) is 0 Å². The zero-order valence-corrected chi connectivity index (χ0v) is 16.2. The van der Waals surface area contributed by atoms with Crippen LogP contribution in [0.4, 0.5) is 0 Å². The number of benzene rings is 2. The lowest BCUT2D eigenvalue weighted by Crippen LogP contribution is -2.36. The molecule has 2 aromatic rings. The Morgan fingerprint density at radius 2 is 1.85 bits per heavy atom. The Labute approximate surface area is 168 Å². The van der Waals surface area contributed by atoms with Crippen molar-refractivity contribution in [3.63, 3.8) is 0 Å². The summed E-state index contributed by atoms with van der Waals surface area (Å²) in [5.41, 5.74) is 2.41. The molecule has 7 heteroatoms. The van der Waals surface area contributed by atoms with E-state index in [1.807, 2.05) is 42.5 Å². The van der Waals surface area contributed by atoms with Crippen LogP contribution in [0.15, 0.2) is 60.3 Å². The number of hydroxylamine groups is 1. The van der Waals surface area contributed by atoms with Gasteiger partial charge in [-0.3, -0.25) is 10.0 Å². The predicted molar refractivity (Wildman–Crippen MR) is 104 cm³/mol. The summed E-state index contributed by atoms with van der Waals surface area (Å²) in [7, 11) is 0. The van der Waals surface area contributed by atoms with Crippen LogP contribution in [-0.4, -0.2) is 26.5 Å². The number of halogens is 2. The lowest BCUT2D eigenvalue weighted by Gasteiger charge is -2.31. The van der Waals surface area contributed by atoms with Crippen LogP contribution in [-0.2, 0) is 11.3 Å². The molecule has 1 aliphatic heterocycles. The monoisotopic (exact) mass is 406 g/mol. The van der Waals surface area contributed by atoms with Crippen molar-refractivity contribution < 1.29 is 15.1 Å². The molecule has 0 aromatic heterocycles. The second-order valence-electron chi connectivity index (χ2n) is 6.59. The van der Waals surface area contributed by atoms with Gasteiger partial charge in [-0.15, -0.1) is 0 Å². The van der Waals surface area contributed by atoms with E-state index in [1.54, 1.807) is 24.1 Å². The van der Waals surface area contributed by atoms with Crippen LogP contribution in [0, 0.1) is 5.92 Å². The van der Waals surface area contributed by atoms with Crippen molar-refractivity contribution in [3.05, 3.63) is 81.5 Å². The molecule has 0 bridgehead atoms. The van der Waals surface area contributed by atoms with Gasteiger partial charge in [0.15, 0.2) is 0 Å². The number of aliphatic carboxylic acids is 1. The smallest absolute Gasteiger partial charge is 0.306 e. The normalized spacial score (nSPS) is 18.4. The van der Waals surface area contributed by atoms with Crippen LogP contribution in [0.2, 0.25) is 10.0 Å². The van der Waals surface area contributed by atoms with Crippen molar-refractivity contribution in [1.82, 2.24) is 10.2 Å². The molecule has 27 heavy (non-hydrogen) atoms. The second kappa shape index (κ2) is 8.31. The van der Waals surface area contributed by atoms with Crippen LogP contribution < -0.4 is 0 Å². The lowest BCUT2D eigenvalue weighted by atomic mass is 10.0. The number of hydrazine groups is 1. The number of carboxylic acid groups (broad SMARTS) is 1. The fraction of sp³-hybridized carbons (Fsp3) is 0.250. The van der Waals surface area contributed by atoms with E-state index in [0.29, 0.717) is 22.3 Å². The molecule has 0 radical (unpaired) electrons. The topological polar surface area (TPSA) is 64.0 Å². The van der Waals surface area contributed by atoms with Gasteiger partial charge in [0.1, 0.15) is 0 Å². The summed E-state index contributed by atoms with van der Waals surface area (Å²) < 4.78 is 0. The van der Waals surface area contributed by atoms with Crippen LogP contribution >= 0.6 is 23.2 Å². The standard InChI is InChI=1S/C20H20Cl2N2O3/c1-13(20(25)26)9-16-11-19(15-7-8-17(21)18(22)10-15)23(24(16)27)12-14-5-3-2-4-6-14/h2-8,10-11,13,19,27H,9,12H2,1H3,(H,25,26). The van der Waals surface area contributed by atoms with E-state index < -0.39 is 11.9 Å². The first-order valence-corrected chi connectivity index (χ1v) is 9.30. The minimum absolute atomic E-state index is 0.217. The third kappa shape index (κ3) is 4.45. The van der Waals surface area contributed by atoms with Crippen molar-refractivity contribution >= 4 is 29.2 Å². The fourth-order valence-electron chi connectivity index (χ4n) is 3.07. The highest BCUT2D eigenvalue weighted by Crippen LogP contribution is 2.38. The van der Waals surface area contributed by atoms with E-state index in [0.717, 1.165) is 16.3 Å². The fourth-order valence-corrected chi connectivity index (χ4v) is 3.38. The highest BCUT2D eigenvalue weighted by Gasteiger charge is 2.34. The molecule has 1 heterocycles. The molecule has 2 N–H and O–H groups in total. The molecule has 0 spiro atoms. The van der Waals surface area contributed by atoms with Crippen molar-refractivity contribution in [2.24, 2.45) is 5.92 Å². The summed E-state index contributed by atoms with van der Waals surface area (Å²) in [6.45, 7) is 2.06. The average molecular weight is 407 g/mol. The third-order valence-electron chi connectivity index (χ3n) is 4.58. The van der Waals surface area contributed by atoms with E-state index >= 15 is 0 Å². The molecule has 0 saturated carbocycles. The summed E-state index contributed by atoms with van der Waals surface area (Å²) in [4.78, 5) is 11.2. The maximum atomic E-state index is 11.2. The van der Waals surface area contributed by atoms with Gasteiger partial charge in [0.2, 0.25) is 0 Å². The predicted octanol–water partition coefficient (Wildman–Crippen LogP) is 5.15. The summed E-state index contributed by atoms with van der Waals surface area (Å²) in [5, 5.41) is 23.6. The van der Waals surface area contributed by atoms with E-state index in [2.05, 4.69) is 0 Å². The van der Waals surface area contributed by atoms with E-state index in [4.69, 9.17) is 23.2 Å². The highest BCUT2D eigenvalue weighted by atomic mass is 35.5. The number of carbonyl (C=O) groups is 1. The van der Waals surface area contributed by atoms with Gasteiger partial charge in [-0.05, 0) is 29.3 Å². The Kier molecular flexibility index (Phi) is 6.07. The largest absolute Gasteiger partial charge is 0.481 e. The maximum absolute atomic E-state index is 11.2. The lowest BCUT2D eigenvalue weighted by molar-refractivity contribution is -0.223. The van der Waals surface area contributed by atoms with Gasteiger partial charge in [-0.2, -0.15) is 10.2 Å².